The van der Waals surface area contributed by atoms with Gasteiger partial charge in [-0.3, -0.25) is 10.1 Å². The smallest absolute Gasteiger partial charge is 0.269 e. The maximum absolute atomic E-state index is 10.8. The first kappa shape index (κ1) is 22.3. The number of nitro benzene ring substituents is 1. The van der Waals surface area contributed by atoms with Gasteiger partial charge >= 0.3 is 0 Å². The van der Waals surface area contributed by atoms with Gasteiger partial charge in [0.1, 0.15) is 13.2 Å². The van der Waals surface area contributed by atoms with Crippen molar-refractivity contribution in [3.05, 3.63) is 99.1 Å². The van der Waals surface area contributed by atoms with Crippen molar-refractivity contribution in [2.75, 3.05) is 6.61 Å². The lowest BCUT2D eigenvalue weighted by atomic mass is 10.1. The highest BCUT2D eigenvalue weighted by Gasteiger charge is 2.08. The minimum atomic E-state index is -0.440. The molecule has 0 fully saturated rings. The molecular weight excluding hydrogens is 410 g/mol. The van der Waals surface area contributed by atoms with Gasteiger partial charge in [-0.15, -0.1) is 0 Å². The van der Waals surface area contributed by atoms with Crippen LogP contribution in [0.3, 0.4) is 0 Å². The normalized spacial score (nSPS) is 10.5. The maximum Gasteiger partial charge on any atom is 0.269 e. The minimum Gasteiger partial charge on any atom is -0.490 e. The number of benzene rings is 3. The first-order valence-electron chi connectivity index (χ1n) is 9.87. The number of oxime groups is 1. The van der Waals surface area contributed by atoms with Crippen LogP contribution in [-0.2, 0) is 18.1 Å². The van der Waals surface area contributed by atoms with Gasteiger partial charge in [0.05, 0.1) is 29.4 Å². The van der Waals surface area contributed by atoms with Gasteiger partial charge < -0.3 is 14.3 Å². The Kier molecular flexibility index (Phi) is 7.76. The van der Waals surface area contributed by atoms with E-state index in [2.05, 4.69) is 11.2 Å². The molecule has 0 N–H and O–H groups in total. The monoisotopic (exact) mass is 431 g/mol. The third-order valence-electron chi connectivity index (χ3n) is 4.44. The fourth-order valence-corrected chi connectivity index (χ4v) is 2.83. The molecule has 0 bridgehead atoms. The van der Waals surface area contributed by atoms with E-state index in [-0.39, 0.29) is 18.9 Å². The maximum atomic E-state index is 10.8. The van der Waals surface area contributed by atoms with Crippen LogP contribution in [0.2, 0.25) is 0 Å². The highest BCUT2D eigenvalue weighted by Crippen LogP contribution is 2.29. The molecule has 0 amide bonds. The van der Waals surface area contributed by atoms with Crippen LogP contribution in [0, 0.1) is 21.4 Å². The van der Waals surface area contributed by atoms with Gasteiger partial charge in [0, 0.05) is 23.3 Å². The van der Waals surface area contributed by atoms with Crippen LogP contribution in [0.25, 0.3) is 0 Å². The van der Waals surface area contributed by atoms with E-state index in [0.717, 1.165) is 16.7 Å². The zero-order chi connectivity index (χ0) is 22.8. The second-order valence-corrected chi connectivity index (χ2v) is 6.63. The van der Waals surface area contributed by atoms with E-state index in [4.69, 9.17) is 19.6 Å². The Morgan fingerprint density at radius 3 is 2.53 bits per heavy atom. The number of hydrogen-bond donors (Lipinski definition) is 0. The average molecular weight is 431 g/mol. The molecule has 8 heteroatoms. The van der Waals surface area contributed by atoms with Gasteiger partial charge in [-0.05, 0) is 48.9 Å². The largest absolute Gasteiger partial charge is 0.490 e. The lowest BCUT2D eigenvalue weighted by molar-refractivity contribution is -0.384. The van der Waals surface area contributed by atoms with E-state index in [9.17, 15) is 10.1 Å². The SMILES string of the molecule is CCOc1cc(/C=N\OCc2ccccc2C#N)ccc1OCc1ccc([N+](=O)[O-])cc1. The predicted octanol–water partition coefficient (Wildman–Crippen LogP) is 4.99. The summed E-state index contributed by atoms with van der Waals surface area (Å²) in [5.74, 6) is 1.10. The van der Waals surface area contributed by atoms with Crippen LogP contribution < -0.4 is 9.47 Å². The molecule has 0 saturated heterocycles. The second kappa shape index (κ2) is 11.1. The number of nitro groups is 1. The van der Waals surface area contributed by atoms with Crippen molar-refractivity contribution >= 4 is 11.9 Å². The quantitative estimate of drug-likeness (QED) is 0.254. The number of nitriles is 1. The lowest BCUT2D eigenvalue weighted by Gasteiger charge is -2.12. The lowest BCUT2D eigenvalue weighted by Crippen LogP contribution is -2.01. The molecular formula is C24H21N3O5. The molecule has 32 heavy (non-hydrogen) atoms. The van der Waals surface area contributed by atoms with Crippen LogP contribution in [0.5, 0.6) is 11.5 Å². The number of nitrogens with zero attached hydrogens (tertiary/aromatic N) is 3. The summed E-state index contributed by atoms with van der Waals surface area (Å²) in [7, 11) is 0. The zero-order valence-electron chi connectivity index (χ0n) is 17.4. The highest BCUT2D eigenvalue weighted by atomic mass is 16.6. The molecule has 8 nitrogen and oxygen atoms in total. The van der Waals surface area contributed by atoms with Crippen molar-refractivity contribution in [3.63, 3.8) is 0 Å². The molecule has 162 valence electrons. The van der Waals surface area contributed by atoms with Crippen molar-refractivity contribution in [2.45, 2.75) is 20.1 Å². The van der Waals surface area contributed by atoms with E-state index >= 15 is 0 Å². The second-order valence-electron chi connectivity index (χ2n) is 6.63. The van der Waals surface area contributed by atoms with Gasteiger partial charge in [-0.1, -0.05) is 23.4 Å². The van der Waals surface area contributed by atoms with Crippen LogP contribution in [-0.4, -0.2) is 17.7 Å². The predicted molar refractivity (Wildman–Crippen MR) is 119 cm³/mol. The highest BCUT2D eigenvalue weighted by molar-refractivity contribution is 5.80. The summed E-state index contributed by atoms with van der Waals surface area (Å²) in [6, 6.07) is 20.9. The molecule has 0 unspecified atom stereocenters. The molecule has 0 atom stereocenters. The Labute approximate surface area is 185 Å². The first-order chi connectivity index (χ1) is 15.6. The fourth-order valence-electron chi connectivity index (χ4n) is 2.83. The van der Waals surface area contributed by atoms with Crippen molar-refractivity contribution in [3.8, 4) is 17.6 Å². The van der Waals surface area contributed by atoms with Crippen LogP contribution >= 0.6 is 0 Å². The van der Waals surface area contributed by atoms with Crippen molar-refractivity contribution in [1.29, 1.82) is 5.26 Å². The third-order valence-corrected chi connectivity index (χ3v) is 4.44. The minimum absolute atomic E-state index is 0.0331. The standard InChI is InChI=1S/C24H21N3O5/c1-2-30-24-13-19(15-26-32-17-21-6-4-3-5-20(21)14-25)9-12-23(24)31-16-18-7-10-22(11-8-18)27(28)29/h3-13,15H,2,16-17H2,1H3/b26-15-. The topological polar surface area (TPSA) is 107 Å². The average Bonchev–Trinajstić information content (AvgIpc) is 2.82. The number of hydrogen-bond acceptors (Lipinski definition) is 7. The summed E-state index contributed by atoms with van der Waals surface area (Å²) in [6.45, 7) is 2.76. The molecule has 3 aromatic carbocycles. The van der Waals surface area contributed by atoms with Gasteiger partial charge in [-0.2, -0.15) is 5.26 Å². The molecule has 0 radical (unpaired) electrons. The molecule has 0 spiro atoms. The molecule has 0 aliphatic heterocycles. The van der Waals surface area contributed by atoms with E-state index in [1.54, 1.807) is 42.6 Å². The Morgan fingerprint density at radius 2 is 1.81 bits per heavy atom. The van der Waals surface area contributed by atoms with E-state index < -0.39 is 4.92 Å². The molecule has 0 aliphatic rings. The van der Waals surface area contributed by atoms with E-state index in [1.165, 1.54) is 12.1 Å². The molecule has 3 aromatic rings. The summed E-state index contributed by atoms with van der Waals surface area (Å²) in [5.41, 5.74) is 2.90. The molecule has 0 aliphatic carbocycles. The third kappa shape index (κ3) is 6.06. The van der Waals surface area contributed by atoms with E-state index in [0.29, 0.717) is 23.7 Å². The Balaban J connectivity index is 1.62. The molecule has 0 saturated carbocycles. The Morgan fingerprint density at radius 1 is 1.03 bits per heavy atom. The summed E-state index contributed by atoms with van der Waals surface area (Å²) in [5, 5.41) is 23.8. The first-order valence-corrected chi connectivity index (χ1v) is 9.87. The summed E-state index contributed by atoms with van der Waals surface area (Å²) < 4.78 is 11.5. The van der Waals surface area contributed by atoms with E-state index in [1.807, 2.05) is 25.1 Å². The Hall–Kier alpha value is -4.38. The summed E-state index contributed by atoms with van der Waals surface area (Å²) in [6.07, 6.45) is 1.55. The van der Waals surface area contributed by atoms with Gasteiger partial charge in [0.2, 0.25) is 0 Å². The number of non-ortho nitro benzene ring substituents is 1. The summed E-state index contributed by atoms with van der Waals surface area (Å²) in [4.78, 5) is 15.6. The number of rotatable bonds is 10. The number of ether oxygens (including phenoxy) is 2. The van der Waals surface area contributed by atoms with Gasteiger partial charge in [-0.25, -0.2) is 0 Å². The summed E-state index contributed by atoms with van der Waals surface area (Å²) >= 11 is 0. The van der Waals surface area contributed by atoms with Gasteiger partial charge in [0.25, 0.3) is 5.69 Å². The fraction of sp³-hybridized carbons (Fsp3) is 0.167. The molecule has 0 heterocycles. The van der Waals surface area contributed by atoms with Crippen LogP contribution in [0.15, 0.2) is 71.9 Å². The zero-order valence-corrected chi connectivity index (χ0v) is 17.4. The Bertz CT molecular complexity index is 1140. The van der Waals surface area contributed by atoms with Crippen molar-refractivity contribution < 1.29 is 19.2 Å². The molecule has 0 aromatic heterocycles. The van der Waals surface area contributed by atoms with Crippen LogP contribution in [0.4, 0.5) is 5.69 Å². The van der Waals surface area contributed by atoms with Crippen molar-refractivity contribution in [2.24, 2.45) is 5.16 Å². The van der Waals surface area contributed by atoms with Crippen molar-refractivity contribution in [1.82, 2.24) is 0 Å². The van der Waals surface area contributed by atoms with Crippen LogP contribution in [0.1, 0.15) is 29.2 Å². The molecule has 3 rings (SSSR count). The van der Waals surface area contributed by atoms with Gasteiger partial charge in [0.15, 0.2) is 11.5 Å².